The molecule has 1 aliphatic rings. The molecule has 0 radical (unpaired) electrons. The van der Waals surface area contributed by atoms with Crippen molar-refractivity contribution in [1.29, 1.82) is 0 Å². The van der Waals surface area contributed by atoms with Crippen molar-refractivity contribution in [3.8, 4) is 5.69 Å². The second kappa shape index (κ2) is 6.27. The number of aliphatic hydroxyl groups is 1. The quantitative estimate of drug-likeness (QED) is 0.935. The number of anilines is 1. The monoisotopic (exact) mass is 303 g/mol. The lowest BCUT2D eigenvalue weighted by Gasteiger charge is -2.33. The Hall–Kier alpha value is -2.21. The lowest BCUT2D eigenvalue weighted by atomic mass is 9.97. The molecule has 0 bridgehead atoms. The zero-order valence-corrected chi connectivity index (χ0v) is 12.2. The topological polar surface area (TPSA) is 58.4 Å². The van der Waals surface area contributed by atoms with Crippen LogP contribution in [-0.2, 0) is 0 Å². The molecular weight excluding hydrogens is 285 g/mol. The van der Waals surface area contributed by atoms with Crippen LogP contribution in [0.5, 0.6) is 0 Å². The summed E-state index contributed by atoms with van der Waals surface area (Å²) in [5.41, 5.74) is 0.500. The zero-order valence-electron chi connectivity index (χ0n) is 12.2. The van der Waals surface area contributed by atoms with E-state index >= 15 is 0 Å². The smallest absolute Gasteiger partial charge is 0.352 e. The number of halogens is 1. The van der Waals surface area contributed by atoms with E-state index in [-0.39, 0.29) is 12.3 Å². The zero-order chi connectivity index (χ0) is 15.5. The molecule has 22 heavy (non-hydrogen) atoms. The number of rotatable bonds is 3. The van der Waals surface area contributed by atoms with E-state index < -0.39 is 11.5 Å². The van der Waals surface area contributed by atoms with E-state index in [1.54, 1.807) is 12.1 Å². The van der Waals surface area contributed by atoms with Gasteiger partial charge in [-0.2, -0.15) is 0 Å². The molecular formula is C16H18FN3O2. The molecule has 116 valence electrons. The highest BCUT2D eigenvalue weighted by atomic mass is 19.1. The predicted octanol–water partition coefficient (Wildman–Crippen LogP) is 1.58. The van der Waals surface area contributed by atoms with Crippen molar-refractivity contribution in [2.75, 3.05) is 24.6 Å². The van der Waals surface area contributed by atoms with Gasteiger partial charge in [0.05, 0.1) is 5.69 Å². The summed E-state index contributed by atoms with van der Waals surface area (Å²) in [4.78, 5) is 17.4. The SMILES string of the molecule is O=c1ncccn1-c1ccc(N2CCC(CO)CC2)cc1F. The van der Waals surface area contributed by atoms with Gasteiger partial charge < -0.3 is 10.0 Å². The van der Waals surface area contributed by atoms with Gasteiger partial charge >= 0.3 is 5.69 Å². The molecule has 5 nitrogen and oxygen atoms in total. The Labute approximate surface area is 127 Å². The van der Waals surface area contributed by atoms with Crippen LogP contribution in [0.25, 0.3) is 5.69 Å². The van der Waals surface area contributed by atoms with Crippen LogP contribution in [0.2, 0.25) is 0 Å². The van der Waals surface area contributed by atoms with Crippen LogP contribution < -0.4 is 10.6 Å². The summed E-state index contributed by atoms with van der Waals surface area (Å²) in [5, 5.41) is 9.16. The molecule has 1 aromatic heterocycles. The maximum absolute atomic E-state index is 14.4. The van der Waals surface area contributed by atoms with Gasteiger partial charge in [0.25, 0.3) is 0 Å². The fourth-order valence-corrected chi connectivity index (χ4v) is 2.80. The Kier molecular flexibility index (Phi) is 4.20. The largest absolute Gasteiger partial charge is 0.396 e. The maximum atomic E-state index is 14.4. The van der Waals surface area contributed by atoms with Crippen LogP contribution in [0, 0.1) is 11.7 Å². The molecule has 3 rings (SSSR count). The minimum Gasteiger partial charge on any atom is -0.396 e. The molecule has 2 heterocycles. The highest BCUT2D eigenvalue weighted by Gasteiger charge is 2.19. The number of aromatic nitrogens is 2. The number of hydrogen-bond donors (Lipinski definition) is 1. The number of piperidine rings is 1. The van der Waals surface area contributed by atoms with E-state index in [4.69, 9.17) is 5.11 Å². The summed E-state index contributed by atoms with van der Waals surface area (Å²) >= 11 is 0. The third kappa shape index (κ3) is 2.87. The number of aliphatic hydroxyl groups excluding tert-OH is 1. The molecule has 2 aromatic rings. The summed E-state index contributed by atoms with van der Waals surface area (Å²) in [6.45, 7) is 1.82. The Bertz CT molecular complexity index is 709. The molecule has 6 heteroatoms. The standard InChI is InChI=1S/C16H18FN3O2/c17-14-10-13(19-8-4-12(11-21)5-9-19)2-3-15(14)20-7-1-6-18-16(20)22/h1-3,6-7,10,12,21H,4-5,8-9,11H2. The van der Waals surface area contributed by atoms with E-state index in [0.717, 1.165) is 31.6 Å². The predicted molar refractivity (Wildman–Crippen MR) is 81.8 cm³/mol. The first-order valence-electron chi connectivity index (χ1n) is 7.38. The van der Waals surface area contributed by atoms with Gasteiger partial charge in [0, 0.05) is 37.8 Å². The van der Waals surface area contributed by atoms with Crippen LogP contribution in [0.4, 0.5) is 10.1 Å². The Morgan fingerprint density at radius 3 is 2.73 bits per heavy atom. The molecule has 1 N–H and O–H groups in total. The normalized spacial score (nSPS) is 16.0. The molecule has 1 saturated heterocycles. The van der Waals surface area contributed by atoms with Crippen LogP contribution in [0.15, 0.2) is 41.5 Å². The van der Waals surface area contributed by atoms with Crippen molar-refractivity contribution in [3.05, 3.63) is 53.0 Å². The maximum Gasteiger partial charge on any atom is 0.352 e. The molecule has 0 amide bonds. The fraction of sp³-hybridized carbons (Fsp3) is 0.375. The van der Waals surface area contributed by atoms with Gasteiger partial charge in [-0.3, -0.25) is 4.57 Å². The first kappa shape index (κ1) is 14.7. The van der Waals surface area contributed by atoms with Crippen molar-refractivity contribution in [2.45, 2.75) is 12.8 Å². The van der Waals surface area contributed by atoms with Gasteiger partial charge in [0.15, 0.2) is 0 Å². The van der Waals surface area contributed by atoms with Gasteiger partial charge in [-0.25, -0.2) is 14.2 Å². The minimum atomic E-state index is -0.502. The van der Waals surface area contributed by atoms with Gasteiger partial charge in [0.1, 0.15) is 5.82 Å². The van der Waals surface area contributed by atoms with E-state index in [1.165, 1.54) is 23.0 Å². The summed E-state index contributed by atoms with van der Waals surface area (Å²) in [5.74, 6) is -0.105. The Morgan fingerprint density at radius 1 is 1.32 bits per heavy atom. The lowest BCUT2D eigenvalue weighted by molar-refractivity contribution is 0.203. The number of nitrogens with zero attached hydrogens (tertiary/aromatic N) is 3. The molecule has 1 aromatic carbocycles. The van der Waals surface area contributed by atoms with E-state index in [1.807, 2.05) is 6.07 Å². The van der Waals surface area contributed by atoms with Crippen LogP contribution in [-0.4, -0.2) is 34.4 Å². The second-order valence-corrected chi connectivity index (χ2v) is 5.52. The minimum absolute atomic E-state index is 0.201. The molecule has 0 saturated carbocycles. The molecule has 0 atom stereocenters. The van der Waals surface area contributed by atoms with Gasteiger partial charge in [-0.05, 0) is 43.0 Å². The summed E-state index contributed by atoms with van der Waals surface area (Å²) < 4.78 is 15.6. The van der Waals surface area contributed by atoms with Crippen LogP contribution in [0.3, 0.4) is 0 Å². The Balaban J connectivity index is 1.84. The van der Waals surface area contributed by atoms with Crippen molar-refractivity contribution in [3.63, 3.8) is 0 Å². The van der Waals surface area contributed by atoms with E-state index in [9.17, 15) is 9.18 Å². The second-order valence-electron chi connectivity index (χ2n) is 5.52. The van der Waals surface area contributed by atoms with Crippen LogP contribution >= 0.6 is 0 Å². The first-order valence-corrected chi connectivity index (χ1v) is 7.38. The van der Waals surface area contributed by atoms with E-state index in [0.29, 0.717) is 5.92 Å². The summed E-state index contributed by atoms with van der Waals surface area (Å²) in [7, 11) is 0. The van der Waals surface area contributed by atoms with Crippen molar-refractivity contribution >= 4 is 5.69 Å². The molecule has 0 spiro atoms. The Morgan fingerprint density at radius 2 is 2.09 bits per heavy atom. The summed E-state index contributed by atoms with van der Waals surface area (Å²) in [6, 6.07) is 6.46. The van der Waals surface area contributed by atoms with Crippen molar-refractivity contribution in [2.24, 2.45) is 5.92 Å². The van der Waals surface area contributed by atoms with Gasteiger partial charge in [0.2, 0.25) is 0 Å². The fourth-order valence-electron chi connectivity index (χ4n) is 2.80. The summed E-state index contributed by atoms with van der Waals surface area (Å²) in [6.07, 6.45) is 4.69. The molecule has 0 aliphatic carbocycles. The number of benzene rings is 1. The molecule has 1 aliphatic heterocycles. The highest BCUT2D eigenvalue weighted by molar-refractivity contribution is 5.52. The third-order valence-electron chi connectivity index (χ3n) is 4.14. The van der Waals surface area contributed by atoms with Gasteiger partial charge in [-0.1, -0.05) is 0 Å². The average molecular weight is 303 g/mol. The first-order chi connectivity index (χ1) is 10.7. The lowest BCUT2D eigenvalue weighted by Crippen LogP contribution is -2.34. The molecule has 0 unspecified atom stereocenters. The average Bonchev–Trinajstić information content (AvgIpc) is 2.56. The number of hydrogen-bond acceptors (Lipinski definition) is 4. The molecule has 1 fully saturated rings. The van der Waals surface area contributed by atoms with E-state index in [2.05, 4.69) is 9.88 Å². The third-order valence-corrected chi connectivity index (χ3v) is 4.14. The van der Waals surface area contributed by atoms with Crippen molar-refractivity contribution < 1.29 is 9.50 Å². The van der Waals surface area contributed by atoms with Crippen LogP contribution in [0.1, 0.15) is 12.8 Å². The highest BCUT2D eigenvalue weighted by Crippen LogP contribution is 2.25. The van der Waals surface area contributed by atoms with Gasteiger partial charge in [-0.15, -0.1) is 0 Å². The van der Waals surface area contributed by atoms with Crippen molar-refractivity contribution in [1.82, 2.24) is 9.55 Å².